The maximum absolute atomic E-state index is 11.9. The number of hydrazine groups is 1. The number of hydrogen-bond donors (Lipinski definition) is 2. The third-order valence-corrected chi connectivity index (χ3v) is 4.22. The van der Waals surface area contributed by atoms with Crippen molar-refractivity contribution < 1.29 is 13.2 Å². The van der Waals surface area contributed by atoms with Gasteiger partial charge in [-0.25, -0.2) is 14.3 Å². The van der Waals surface area contributed by atoms with Crippen LogP contribution in [-0.2, 0) is 21.4 Å². The Hall–Kier alpha value is -1.44. The Bertz CT molecular complexity index is 488. The van der Waals surface area contributed by atoms with Crippen LogP contribution < -0.4 is 11.3 Å². The fourth-order valence-corrected chi connectivity index (χ4v) is 2.45. The predicted molar refractivity (Wildman–Crippen MR) is 68.6 cm³/mol. The summed E-state index contributed by atoms with van der Waals surface area (Å²) in [6.45, 7) is 1.42. The minimum atomic E-state index is -3.45. The highest BCUT2D eigenvalue weighted by molar-refractivity contribution is 7.89. The first-order chi connectivity index (χ1) is 8.49. The lowest BCUT2D eigenvalue weighted by molar-refractivity contribution is -0.121. The highest BCUT2D eigenvalue weighted by Crippen LogP contribution is 2.09. The second-order valence-electron chi connectivity index (χ2n) is 3.72. The van der Waals surface area contributed by atoms with Crippen LogP contribution in [0.25, 0.3) is 0 Å². The molecule has 0 aliphatic carbocycles. The number of carbonyl (C=O) groups excluding carboxylic acids is 1. The molecule has 0 aliphatic rings. The zero-order chi connectivity index (χ0) is 13.6. The van der Waals surface area contributed by atoms with E-state index in [9.17, 15) is 13.2 Å². The number of sulfonamides is 1. The van der Waals surface area contributed by atoms with Crippen molar-refractivity contribution in [1.29, 1.82) is 0 Å². The van der Waals surface area contributed by atoms with Gasteiger partial charge in [0, 0.05) is 6.54 Å². The van der Waals surface area contributed by atoms with Crippen molar-refractivity contribution in [2.24, 2.45) is 5.84 Å². The van der Waals surface area contributed by atoms with Crippen molar-refractivity contribution in [3.8, 4) is 0 Å². The van der Waals surface area contributed by atoms with Gasteiger partial charge in [0.25, 0.3) is 0 Å². The lowest BCUT2D eigenvalue weighted by Gasteiger charge is -2.20. The second kappa shape index (κ2) is 6.48. The molecule has 1 aromatic rings. The lowest BCUT2D eigenvalue weighted by Crippen LogP contribution is -2.43. The number of carbonyl (C=O) groups is 1. The molecule has 0 bridgehead atoms. The molecule has 7 heteroatoms. The molecule has 0 unspecified atom stereocenters. The summed E-state index contributed by atoms with van der Waals surface area (Å²) in [4.78, 5) is 11.2. The molecule has 3 N–H and O–H groups in total. The van der Waals surface area contributed by atoms with Gasteiger partial charge in [0.2, 0.25) is 15.9 Å². The van der Waals surface area contributed by atoms with Crippen LogP contribution in [0, 0.1) is 0 Å². The normalized spacial score (nSPS) is 11.5. The van der Waals surface area contributed by atoms with Gasteiger partial charge >= 0.3 is 0 Å². The highest BCUT2D eigenvalue weighted by atomic mass is 32.2. The summed E-state index contributed by atoms with van der Waals surface area (Å²) in [6, 6.07) is 9.08. The Morgan fingerprint density at radius 1 is 1.33 bits per heavy atom. The van der Waals surface area contributed by atoms with Crippen LogP contribution >= 0.6 is 0 Å². The fraction of sp³-hybridized carbons (Fsp3) is 0.364. The van der Waals surface area contributed by atoms with Gasteiger partial charge in [-0.05, 0) is 12.5 Å². The van der Waals surface area contributed by atoms with Gasteiger partial charge in [0.05, 0.1) is 12.3 Å². The van der Waals surface area contributed by atoms with Crippen molar-refractivity contribution in [3.63, 3.8) is 0 Å². The average Bonchev–Trinajstić information content (AvgIpc) is 2.39. The number of benzene rings is 1. The summed E-state index contributed by atoms with van der Waals surface area (Å²) >= 11 is 0. The van der Waals surface area contributed by atoms with Gasteiger partial charge in [-0.3, -0.25) is 10.2 Å². The number of nitrogens with one attached hydrogen (secondary N) is 1. The summed E-state index contributed by atoms with van der Waals surface area (Å²) in [7, 11) is -3.45. The summed E-state index contributed by atoms with van der Waals surface area (Å²) in [5, 5.41) is 0. The molecule has 0 spiro atoms. The van der Waals surface area contributed by atoms with Gasteiger partial charge in [-0.1, -0.05) is 30.3 Å². The molecular formula is C11H17N3O3S. The average molecular weight is 271 g/mol. The van der Waals surface area contributed by atoms with Crippen LogP contribution in [0.3, 0.4) is 0 Å². The molecule has 0 saturated carbocycles. The van der Waals surface area contributed by atoms with Gasteiger partial charge in [0.15, 0.2) is 0 Å². The minimum absolute atomic E-state index is 0.0579. The fourth-order valence-electron chi connectivity index (χ4n) is 1.43. The highest BCUT2D eigenvalue weighted by Gasteiger charge is 2.22. The number of hydrogen-bond acceptors (Lipinski definition) is 4. The van der Waals surface area contributed by atoms with Crippen molar-refractivity contribution in [1.82, 2.24) is 9.73 Å². The molecule has 1 aromatic carbocycles. The van der Waals surface area contributed by atoms with Crippen LogP contribution in [0.5, 0.6) is 0 Å². The third kappa shape index (κ3) is 4.10. The molecular weight excluding hydrogens is 254 g/mol. The van der Waals surface area contributed by atoms with Crippen molar-refractivity contribution in [3.05, 3.63) is 35.9 Å². The maximum atomic E-state index is 11.9. The van der Waals surface area contributed by atoms with E-state index in [1.165, 1.54) is 6.92 Å². The Kier molecular flexibility index (Phi) is 5.26. The monoisotopic (exact) mass is 271 g/mol. The topological polar surface area (TPSA) is 92.5 Å². The number of nitrogens with zero attached hydrogens (tertiary/aromatic N) is 1. The molecule has 0 aliphatic heterocycles. The molecule has 1 amide bonds. The summed E-state index contributed by atoms with van der Waals surface area (Å²) in [5.74, 6) is 4.38. The zero-order valence-corrected chi connectivity index (χ0v) is 11.0. The smallest absolute Gasteiger partial charge is 0.249 e. The Morgan fingerprint density at radius 2 is 1.94 bits per heavy atom. The first-order valence-electron chi connectivity index (χ1n) is 5.50. The van der Waals surface area contributed by atoms with E-state index in [4.69, 9.17) is 5.84 Å². The molecule has 0 radical (unpaired) electrons. The van der Waals surface area contributed by atoms with Crippen LogP contribution in [0.15, 0.2) is 30.3 Å². The van der Waals surface area contributed by atoms with Gasteiger partial charge in [-0.2, -0.15) is 4.31 Å². The minimum Gasteiger partial charge on any atom is -0.293 e. The molecule has 0 aromatic heterocycles. The standard InChI is InChI=1S/C11H17N3O3S/c1-2-18(16,17)14(9-11(15)13-12)8-10-6-4-3-5-7-10/h3-7H,2,8-9,12H2,1H3,(H,13,15). The lowest BCUT2D eigenvalue weighted by atomic mass is 10.2. The second-order valence-corrected chi connectivity index (χ2v) is 5.98. The van der Waals surface area contributed by atoms with Gasteiger partial charge < -0.3 is 0 Å². The third-order valence-electron chi connectivity index (χ3n) is 2.44. The van der Waals surface area contributed by atoms with Gasteiger partial charge in [-0.15, -0.1) is 0 Å². The van der Waals surface area contributed by atoms with Crippen molar-refractivity contribution >= 4 is 15.9 Å². The largest absolute Gasteiger partial charge is 0.293 e. The quantitative estimate of drug-likeness (QED) is 0.427. The van der Waals surface area contributed by atoms with E-state index >= 15 is 0 Å². The molecule has 6 nitrogen and oxygen atoms in total. The van der Waals surface area contributed by atoms with Crippen LogP contribution in [0.2, 0.25) is 0 Å². The van der Waals surface area contributed by atoms with E-state index < -0.39 is 15.9 Å². The van der Waals surface area contributed by atoms with E-state index in [2.05, 4.69) is 0 Å². The van der Waals surface area contributed by atoms with Crippen LogP contribution in [0.4, 0.5) is 0 Å². The first kappa shape index (κ1) is 14.6. The van der Waals surface area contributed by atoms with E-state index in [1.54, 1.807) is 12.1 Å². The molecule has 0 saturated heterocycles. The maximum Gasteiger partial charge on any atom is 0.249 e. The zero-order valence-electron chi connectivity index (χ0n) is 10.2. The molecule has 100 valence electrons. The predicted octanol–water partition coefficient (Wildman–Crippen LogP) is -0.172. The van der Waals surface area contributed by atoms with Crippen LogP contribution in [-0.4, -0.2) is 30.9 Å². The molecule has 18 heavy (non-hydrogen) atoms. The molecule has 0 atom stereocenters. The molecule has 0 heterocycles. The van der Waals surface area contributed by atoms with E-state index in [0.717, 1.165) is 9.87 Å². The van der Waals surface area contributed by atoms with E-state index in [-0.39, 0.29) is 18.8 Å². The number of nitrogens with two attached hydrogens (primary N) is 1. The van der Waals surface area contributed by atoms with Crippen molar-refractivity contribution in [2.45, 2.75) is 13.5 Å². The first-order valence-corrected chi connectivity index (χ1v) is 7.11. The van der Waals surface area contributed by atoms with Crippen LogP contribution in [0.1, 0.15) is 12.5 Å². The summed E-state index contributed by atoms with van der Waals surface area (Å²) in [5.41, 5.74) is 2.75. The van der Waals surface area contributed by atoms with Crippen molar-refractivity contribution in [2.75, 3.05) is 12.3 Å². The SMILES string of the molecule is CCS(=O)(=O)N(CC(=O)NN)Cc1ccccc1. The molecule has 0 fully saturated rings. The van der Waals surface area contributed by atoms with Gasteiger partial charge in [0.1, 0.15) is 0 Å². The Balaban J connectivity index is 2.88. The summed E-state index contributed by atoms with van der Waals surface area (Å²) < 4.78 is 24.8. The van der Waals surface area contributed by atoms with E-state index in [1.807, 2.05) is 23.6 Å². The summed E-state index contributed by atoms with van der Waals surface area (Å²) in [6.07, 6.45) is 0. The van der Waals surface area contributed by atoms with E-state index in [0.29, 0.717) is 0 Å². The number of rotatable bonds is 6. The Morgan fingerprint density at radius 3 is 2.44 bits per heavy atom. The Labute approximate surface area is 107 Å². The molecule has 1 rings (SSSR count). The number of amides is 1.